The first-order valence-corrected chi connectivity index (χ1v) is 4.55. The number of carbonyl (C=O) groups excluding carboxylic acids is 1. The van der Waals surface area contributed by atoms with Crippen LogP contribution < -0.4 is 10.1 Å². The van der Waals surface area contributed by atoms with Crippen molar-refractivity contribution in [2.75, 3.05) is 14.2 Å². The van der Waals surface area contributed by atoms with Crippen LogP contribution in [0.15, 0.2) is 28.7 Å². The first-order chi connectivity index (χ1) is 7.27. The van der Waals surface area contributed by atoms with Gasteiger partial charge in [-0.2, -0.15) is 0 Å². The molecule has 0 unspecified atom stereocenters. The van der Waals surface area contributed by atoms with Crippen LogP contribution >= 0.6 is 0 Å². The van der Waals surface area contributed by atoms with E-state index >= 15 is 0 Å². The lowest BCUT2D eigenvalue weighted by Crippen LogP contribution is -2.17. The summed E-state index contributed by atoms with van der Waals surface area (Å²) in [7, 11) is 3.05. The van der Waals surface area contributed by atoms with E-state index in [1.807, 2.05) is 18.2 Å². The van der Waals surface area contributed by atoms with E-state index in [1.165, 1.54) is 7.11 Å². The zero-order valence-corrected chi connectivity index (χ0v) is 8.53. The number of para-hydroxylation sites is 1. The Kier molecular flexibility index (Phi) is 2.33. The first-order valence-electron chi connectivity index (χ1n) is 4.55. The molecule has 0 bridgehead atoms. The van der Waals surface area contributed by atoms with E-state index in [1.54, 1.807) is 13.1 Å². The third-order valence-electron chi connectivity index (χ3n) is 2.20. The van der Waals surface area contributed by atoms with Crippen LogP contribution in [0.3, 0.4) is 0 Å². The van der Waals surface area contributed by atoms with Crippen LogP contribution in [-0.2, 0) is 0 Å². The largest absolute Gasteiger partial charge is 0.468 e. The molecule has 1 heterocycles. The average molecular weight is 205 g/mol. The molecule has 1 amide bonds. The summed E-state index contributed by atoms with van der Waals surface area (Å²) in [6, 6.07) is 7.32. The molecular formula is C11H11NO3. The highest BCUT2D eigenvalue weighted by atomic mass is 16.6. The molecule has 0 saturated carbocycles. The molecule has 4 nitrogen and oxygen atoms in total. The molecule has 0 aliphatic carbocycles. The van der Waals surface area contributed by atoms with Gasteiger partial charge in [0.05, 0.1) is 7.11 Å². The summed E-state index contributed by atoms with van der Waals surface area (Å²) in [4.78, 5) is 11.6. The van der Waals surface area contributed by atoms with Crippen LogP contribution in [0, 0.1) is 0 Å². The molecule has 2 aromatic rings. The van der Waals surface area contributed by atoms with Crippen LogP contribution in [0.1, 0.15) is 10.4 Å². The summed E-state index contributed by atoms with van der Waals surface area (Å²) in [6.07, 6.45) is 0. The minimum absolute atomic E-state index is 0.211. The molecule has 1 aromatic carbocycles. The number of nitrogens with one attached hydrogen (secondary N) is 1. The van der Waals surface area contributed by atoms with E-state index in [2.05, 4.69) is 5.32 Å². The van der Waals surface area contributed by atoms with Crippen molar-refractivity contribution in [1.29, 1.82) is 0 Å². The Labute approximate surface area is 86.8 Å². The van der Waals surface area contributed by atoms with Crippen molar-refractivity contribution >= 4 is 16.9 Å². The third kappa shape index (κ3) is 1.44. The Hall–Kier alpha value is -1.97. The molecule has 0 atom stereocenters. The predicted octanol–water partition coefficient (Wildman–Crippen LogP) is 1.80. The Balaban J connectivity index is 2.72. The summed E-state index contributed by atoms with van der Waals surface area (Å²) in [5.41, 5.74) is 1.09. The fraction of sp³-hybridized carbons (Fsp3) is 0.182. The zero-order valence-electron chi connectivity index (χ0n) is 8.53. The summed E-state index contributed by atoms with van der Waals surface area (Å²) in [6.45, 7) is 0. The first kappa shape index (κ1) is 9.58. The Morgan fingerprint density at radius 3 is 2.80 bits per heavy atom. The predicted molar refractivity (Wildman–Crippen MR) is 56.2 cm³/mol. The number of fused-ring (bicyclic) bond motifs is 1. The van der Waals surface area contributed by atoms with Crippen LogP contribution in [0.4, 0.5) is 0 Å². The summed E-state index contributed by atoms with van der Waals surface area (Å²) in [5, 5.41) is 3.31. The van der Waals surface area contributed by atoms with Crippen LogP contribution in [-0.4, -0.2) is 20.1 Å². The number of amides is 1. The highest BCUT2D eigenvalue weighted by molar-refractivity contribution is 6.08. The standard InChI is InChI=1S/C11H11NO3/c1-12-10(13)9-7-5-3-4-6-8(7)15-11(9)14-2/h3-6H,1-2H3,(H,12,13). The minimum atomic E-state index is -0.211. The van der Waals surface area contributed by atoms with Gasteiger partial charge in [0.2, 0.25) is 0 Å². The third-order valence-corrected chi connectivity index (χ3v) is 2.20. The fourth-order valence-electron chi connectivity index (χ4n) is 1.51. The van der Waals surface area contributed by atoms with Gasteiger partial charge in [-0.05, 0) is 6.07 Å². The number of carbonyl (C=O) groups is 1. The second-order valence-corrected chi connectivity index (χ2v) is 3.04. The van der Waals surface area contributed by atoms with Gasteiger partial charge in [0, 0.05) is 12.4 Å². The lowest BCUT2D eigenvalue weighted by molar-refractivity contribution is 0.0959. The highest BCUT2D eigenvalue weighted by Gasteiger charge is 2.20. The molecule has 0 radical (unpaired) electrons. The Morgan fingerprint density at radius 1 is 1.40 bits per heavy atom. The topological polar surface area (TPSA) is 51.5 Å². The average Bonchev–Trinajstić information content (AvgIpc) is 2.66. The Bertz CT molecular complexity index is 502. The summed E-state index contributed by atoms with van der Waals surface area (Å²) < 4.78 is 10.4. The van der Waals surface area contributed by atoms with Crippen molar-refractivity contribution in [3.8, 4) is 5.95 Å². The quantitative estimate of drug-likeness (QED) is 0.813. The number of furan rings is 1. The van der Waals surface area contributed by atoms with E-state index in [0.717, 1.165) is 5.39 Å². The minimum Gasteiger partial charge on any atom is -0.468 e. The van der Waals surface area contributed by atoms with Gasteiger partial charge in [0.15, 0.2) is 0 Å². The van der Waals surface area contributed by atoms with Gasteiger partial charge in [-0.3, -0.25) is 4.79 Å². The van der Waals surface area contributed by atoms with Gasteiger partial charge in [-0.1, -0.05) is 18.2 Å². The molecule has 0 saturated heterocycles. The SMILES string of the molecule is CNC(=O)c1c(OC)oc2ccccc12. The van der Waals surface area contributed by atoms with Crippen LogP contribution in [0.2, 0.25) is 0 Å². The van der Waals surface area contributed by atoms with Gasteiger partial charge < -0.3 is 14.5 Å². The number of benzene rings is 1. The maximum atomic E-state index is 11.6. The lowest BCUT2D eigenvalue weighted by Gasteiger charge is -1.98. The molecule has 0 fully saturated rings. The monoisotopic (exact) mass is 205 g/mol. The van der Waals surface area contributed by atoms with Crippen molar-refractivity contribution in [1.82, 2.24) is 5.32 Å². The second kappa shape index (κ2) is 3.65. The normalized spacial score (nSPS) is 10.3. The van der Waals surface area contributed by atoms with E-state index < -0.39 is 0 Å². The van der Waals surface area contributed by atoms with Gasteiger partial charge in [0.1, 0.15) is 11.1 Å². The molecule has 0 aliphatic rings. The summed E-state index contributed by atoms with van der Waals surface area (Å²) in [5.74, 6) is 0.0346. The number of hydrogen-bond donors (Lipinski definition) is 1. The molecule has 78 valence electrons. The summed E-state index contributed by atoms with van der Waals surface area (Å²) >= 11 is 0. The van der Waals surface area contributed by atoms with Gasteiger partial charge in [-0.15, -0.1) is 0 Å². The van der Waals surface area contributed by atoms with E-state index in [-0.39, 0.29) is 11.9 Å². The number of ether oxygens (including phenoxy) is 1. The number of methoxy groups -OCH3 is 1. The van der Waals surface area contributed by atoms with E-state index in [4.69, 9.17) is 9.15 Å². The van der Waals surface area contributed by atoms with E-state index in [9.17, 15) is 4.79 Å². The second-order valence-electron chi connectivity index (χ2n) is 3.04. The van der Waals surface area contributed by atoms with E-state index in [0.29, 0.717) is 11.1 Å². The van der Waals surface area contributed by atoms with Gasteiger partial charge in [0.25, 0.3) is 11.9 Å². The van der Waals surface area contributed by atoms with Crippen molar-refractivity contribution in [3.05, 3.63) is 29.8 Å². The molecule has 1 N–H and O–H groups in total. The van der Waals surface area contributed by atoms with Crippen molar-refractivity contribution in [2.24, 2.45) is 0 Å². The molecule has 2 rings (SSSR count). The smallest absolute Gasteiger partial charge is 0.298 e. The molecular weight excluding hydrogens is 194 g/mol. The van der Waals surface area contributed by atoms with Gasteiger partial charge in [-0.25, -0.2) is 0 Å². The maximum absolute atomic E-state index is 11.6. The molecule has 4 heteroatoms. The zero-order chi connectivity index (χ0) is 10.8. The molecule has 1 aromatic heterocycles. The van der Waals surface area contributed by atoms with Crippen molar-refractivity contribution < 1.29 is 13.9 Å². The molecule has 0 aliphatic heterocycles. The van der Waals surface area contributed by atoms with Gasteiger partial charge >= 0.3 is 0 Å². The van der Waals surface area contributed by atoms with Crippen molar-refractivity contribution in [2.45, 2.75) is 0 Å². The maximum Gasteiger partial charge on any atom is 0.298 e. The molecule has 0 spiro atoms. The fourth-order valence-corrected chi connectivity index (χ4v) is 1.51. The highest BCUT2D eigenvalue weighted by Crippen LogP contribution is 2.31. The Morgan fingerprint density at radius 2 is 2.13 bits per heavy atom. The number of rotatable bonds is 2. The lowest BCUT2D eigenvalue weighted by atomic mass is 10.1. The number of hydrogen-bond acceptors (Lipinski definition) is 3. The van der Waals surface area contributed by atoms with Crippen LogP contribution in [0.25, 0.3) is 11.0 Å². The molecule has 15 heavy (non-hydrogen) atoms. The van der Waals surface area contributed by atoms with Crippen molar-refractivity contribution in [3.63, 3.8) is 0 Å². The van der Waals surface area contributed by atoms with Crippen LogP contribution in [0.5, 0.6) is 5.95 Å².